The fourth-order valence-corrected chi connectivity index (χ4v) is 2.10. The highest BCUT2D eigenvalue weighted by Gasteiger charge is 2.16. The molecule has 0 unspecified atom stereocenters. The van der Waals surface area contributed by atoms with Crippen LogP contribution in [0.4, 0.5) is 10.1 Å². The quantitative estimate of drug-likeness (QED) is 0.798. The van der Waals surface area contributed by atoms with Gasteiger partial charge in [0.05, 0.1) is 15.7 Å². The van der Waals surface area contributed by atoms with Gasteiger partial charge in [0, 0.05) is 26.2 Å². The topological polar surface area (TPSA) is 15.3 Å². The first-order valence-corrected chi connectivity index (χ1v) is 5.55. The van der Waals surface area contributed by atoms with Gasteiger partial charge >= 0.3 is 0 Å². The summed E-state index contributed by atoms with van der Waals surface area (Å²) in [6, 6.07) is 3.03. The number of benzene rings is 1. The lowest BCUT2D eigenvalue weighted by Crippen LogP contribution is -2.43. The van der Waals surface area contributed by atoms with E-state index in [-0.39, 0.29) is 17.4 Å². The molecule has 0 aliphatic carbocycles. The Morgan fingerprint density at radius 2 is 1.75 bits per heavy atom. The van der Waals surface area contributed by atoms with Crippen LogP contribution in [0.25, 0.3) is 0 Å². The standard InChI is InChI=1S/C10H11Cl2FN2.ClH/c11-9-7(13)1-2-8(10(9)12)15-5-3-14-4-6-15;/h1-2,14H,3-6H2;1H. The molecule has 1 aliphatic rings. The maximum atomic E-state index is 13.1. The predicted molar refractivity (Wildman–Crippen MR) is 68.8 cm³/mol. The molecule has 0 bridgehead atoms. The summed E-state index contributed by atoms with van der Waals surface area (Å²) in [6.45, 7) is 3.54. The molecular formula is C10H12Cl3FN2. The lowest BCUT2D eigenvalue weighted by molar-refractivity contribution is 0.587. The Hall–Kier alpha value is -0.220. The van der Waals surface area contributed by atoms with E-state index < -0.39 is 5.82 Å². The van der Waals surface area contributed by atoms with Gasteiger partial charge in [-0.2, -0.15) is 0 Å². The van der Waals surface area contributed by atoms with Crippen LogP contribution in [-0.4, -0.2) is 26.2 Å². The Balaban J connectivity index is 0.00000128. The van der Waals surface area contributed by atoms with E-state index in [1.807, 2.05) is 0 Å². The van der Waals surface area contributed by atoms with Crippen molar-refractivity contribution in [1.29, 1.82) is 0 Å². The van der Waals surface area contributed by atoms with Crippen LogP contribution in [-0.2, 0) is 0 Å². The second-order valence-corrected chi connectivity index (χ2v) is 4.19. The first-order chi connectivity index (χ1) is 7.20. The number of rotatable bonds is 1. The van der Waals surface area contributed by atoms with E-state index >= 15 is 0 Å². The largest absolute Gasteiger partial charge is 0.368 e. The molecule has 90 valence electrons. The van der Waals surface area contributed by atoms with Crippen LogP contribution >= 0.6 is 35.6 Å². The van der Waals surface area contributed by atoms with Crippen molar-refractivity contribution in [2.24, 2.45) is 0 Å². The lowest BCUT2D eigenvalue weighted by Gasteiger charge is -2.30. The summed E-state index contributed by atoms with van der Waals surface area (Å²) < 4.78 is 13.1. The summed E-state index contributed by atoms with van der Waals surface area (Å²) in [5.74, 6) is -0.472. The van der Waals surface area contributed by atoms with Crippen molar-refractivity contribution in [3.8, 4) is 0 Å². The maximum absolute atomic E-state index is 13.1. The van der Waals surface area contributed by atoms with E-state index in [2.05, 4.69) is 10.2 Å². The second kappa shape index (κ2) is 5.92. The van der Waals surface area contributed by atoms with Crippen LogP contribution < -0.4 is 10.2 Å². The third-order valence-corrected chi connectivity index (χ3v) is 3.32. The molecule has 1 saturated heterocycles. The monoisotopic (exact) mass is 284 g/mol. The van der Waals surface area contributed by atoms with Gasteiger partial charge in [0.25, 0.3) is 0 Å². The van der Waals surface area contributed by atoms with Crippen molar-refractivity contribution in [3.63, 3.8) is 0 Å². The van der Waals surface area contributed by atoms with E-state index in [1.165, 1.54) is 6.07 Å². The molecular weight excluding hydrogens is 273 g/mol. The Morgan fingerprint density at radius 3 is 2.38 bits per heavy atom. The number of nitrogens with one attached hydrogen (secondary N) is 1. The molecule has 1 fully saturated rings. The summed E-state index contributed by atoms with van der Waals surface area (Å²) in [6.07, 6.45) is 0. The first-order valence-electron chi connectivity index (χ1n) is 4.79. The number of hydrogen-bond donors (Lipinski definition) is 1. The average Bonchev–Trinajstić information content (AvgIpc) is 2.27. The molecule has 6 heteroatoms. The van der Waals surface area contributed by atoms with E-state index in [4.69, 9.17) is 23.2 Å². The fraction of sp³-hybridized carbons (Fsp3) is 0.400. The van der Waals surface area contributed by atoms with Gasteiger partial charge < -0.3 is 10.2 Å². The van der Waals surface area contributed by atoms with E-state index in [0.29, 0.717) is 5.02 Å². The van der Waals surface area contributed by atoms with Gasteiger partial charge in [0.1, 0.15) is 5.82 Å². The van der Waals surface area contributed by atoms with Crippen LogP contribution in [0.5, 0.6) is 0 Å². The van der Waals surface area contributed by atoms with Crippen LogP contribution in [0.3, 0.4) is 0 Å². The molecule has 1 aromatic carbocycles. The third kappa shape index (κ3) is 2.72. The number of anilines is 1. The molecule has 0 saturated carbocycles. The van der Waals surface area contributed by atoms with Gasteiger partial charge in [-0.15, -0.1) is 12.4 Å². The molecule has 0 spiro atoms. The Morgan fingerprint density at radius 1 is 1.12 bits per heavy atom. The minimum atomic E-state index is -0.472. The van der Waals surface area contributed by atoms with E-state index in [1.54, 1.807) is 6.07 Å². The molecule has 2 rings (SSSR count). The zero-order chi connectivity index (χ0) is 10.8. The SMILES string of the molecule is Cl.Fc1ccc(N2CCNCC2)c(Cl)c1Cl. The molecule has 0 radical (unpaired) electrons. The number of piperazine rings is 1. The molecule has 1 aliphatic heterocycles. The molecule has 1 aromatic rings. The lowest BCUT2D eigenvalue weighted by atomic mass is 10.2. The number of halogens is 4. The summed E-state index contributed by atoms with van der Waals surface area (Å²) in [5.41, 5.74) is 0.810. The van der Waals surface area contributed by atoms with Crippen LogP contribution in [0.15, 0.2) is 12.1 Å². The predicted octanol–water partition coefficient (Wildman–Crippen LogP) is 2.96. The zero-order valence-corrected chi connectivity index (χ0v) is 10.8. The molecule has 2 nitrogen and oxygen atoms in total. The van der Waals surface area contributed by atoms with Crippen LogP contribution in [0.2, 0.25) is 10.0 Å². The van der Waals surface area contributed by atoms with Crippen LogP contribution in [0, 0.1) is 5.82 Å². The third-order valence-electron chi connectivity index (χ3n) is 2.47. The van der Waals surface area contributed by atoms with Crippen molar-refractivity contribution in [1.82, 2.24) is 5.32 Å². The fourth-order valence-electron chi connectivity index (χ4n) is 1.67. The smallest absolute Gasteiger partial charge is 0.143 e. The second-order valence-electron chi connectivity index (χ2n) is 3.43. The molecule has 1 N–H and O–H groups in total. The first kappa shape index (κ1) is 13.8. The van der Waals surface area contributed by atoms with Crippen molar-refractivity contribution < 1.29 is 4.39 Å². The Labute approximate surface area is 110 Å². The van der Waals surface area contributed by atoms with Gasteiger partial charge in [-0.1, -0.05) is 23.2 Å². The van der Waals surface area contributed by atoms with E-state index in [0.717, 1.165) is 31.9 Å². The highest BCUT2D eigenvalue weighted by molar-refractivity contribution is 6.43. The summed E-state index contributed by atoms with van der Waals surface area (Å²) >= 11 is 11.8. The van der Waals surface area contributed by atoms with Gasteiger partial charge in [-0.25, -0.2) is 4.39 Å². The van der Waals surface area contributed by atoms with Crippen molar-refractivity contribution in [3.05, 3.63) is 28.0 Å². The summed E-state index contributed by atoms with van der Waals surface area (Å²) in [7, 11) is 0. The zero-order valence-electron chi connectivity index (χ0n) is 8.47. The molecule has 0 aromatic heterocycles. The molecule has 0 atom stereocenters. The Bertz CT molecular complexity index is 367. The normalized spacial score (nSPS) is 15.8. The summed E-state index contributed by atoms with van der Waals surface area (Å²) in [4.78, 5) is 2.10. The summed E-state index contributed by atoms with van der Waals surface area (Å²) in [5, 5.41) is 3.55. The van der Waals surface area contributed by atoms with Crippen molar-refractivity contribution >= 4 is 41.3 Å². The van der Waals surface area contributed by atoms with Crippen molar-refractivity contribution in [2.45, 2.75) is 0 Å². The van der Waals surface area contributed by atoms with Gasteiger partial charge in [-0.3, -0.25) is 0 Å². The van der Waals surface area contributed by atoms with E-state index in [9.17, 15) is 4.39 Å². The average molecular weight is 286 g/mol. The minimum absolute atomic E-state index is 0. The number of hydrogen-bond acceptors (Lipinski definition) is 2. The Kier molecular flexibility index (Phi) is 5.12. The van der Waals surface area contributed by atoms with Gasteiger partial charge in [0.2, 0.25) is 0 Å². The number of nitrogens with zero attached hydrogens (tertiary/aromatic N) is 1. The van der Waals surface area contributed by atoms with Crippen molar-refractivity contribution in [2.75, 3.05) is 31.1 Å². The maximum Gasteiger partial charge on any atom is 0.143 e. The molecule has 16 heavy (non-hydrogen) atoms. The highest BCUT2D eigenvalue weighted by atomic mass is 35.5. The van der Waals surface area contributed by atoms with Crippen LogP contribution in [0.1, 0.15) is 0 Å². The molecule has 1 heterocycles. The highest BCUT2D eigenvalue weighted by Crippen LogP contribution is 2.34. The minimum Gasteiger partial charge on any atom is -0.368 e. The van der Waals surface area contributed by atoms with Gasteiger partial charge in [-0.05, 0) is 12.1 Å². The molecule has 0 amide bonds. The van der Waals surface area contributed by atoms with Gasteiger partial charge in [0.15, 0.2) is 0 Å².